The molecule has 0 aromatic heterocycles. The van der Waals surface area contributed by atoms with E-state index >= 15 is 0 Å². The van der Waals surface area contributed by atoms with Crippen LogP contribution in [0, 0.1) is 11.3 Å². The average molecular weight is 213 g/mol. The van der Waals surface area contributed by atoms with Crippen molar-refractivity contribution >= 4 is 5.91 Å². The zero-order valence-electron chi connectivity index (χ0n) is 9.81. The number of rotatable bonds is 5. The molecule has 15 heavy (non-hydrogen) atoms. The van der Waals surface area contributed by atoms with E-state index in [1.54, 1.807) is 0 Å². The van der Waals surface area contributed by atoms with Gasteiger partial charge in [0.2, 0.25) is 5.91 Å². The van der Waals surface area contributed by atoms with Crippen LogP contribution in [-0.2, 0) is 4.79 Å². The van der Waals surface area contributed by atoms with Crippen molar-refractivity contribution in [3.63, 3.8) is 0 Å². The Morgan fingerprint density at radius 3 is 2.87 bits per heavy atom. The first-order valence-corrected chi connectivity index (χ1v) is 5.74. The molecule has 0 aromatic rings. The molecule has 0 spiro atoms. The van der Waals surface area contributed by atoms with Gasteiger partial charge in [0.25, 0.3) is 0 Å². The van der Waals surface area contributed by atoms with Gasteiger partial charge in [0.15, 0.2) is 0 Å². The highest BCUT2D eigenvalue weighted by atomic mass is 16.1. The van der Waals surface area contributed by atoms with Crippen molar-refractivity contribution in [3.05, 3.63) is 0 Å². The van der Waals surface area contributed by atoms with E-state index in [-0.39, 0.29) is 5.91 Å². The molecule has 1 rings (SSSR count). The summed E-state index contributed by atoms with van der Waals surface area (Å²) < 4.78 is 0. The predicted octanol–water partition coefficient (Wildman–Crippen LogP) is 0.0871. The Bertz CT molecular complexity index is 210. The Hall–Kier alpha value is -0.610. The number of primary amides is 1. The average Bonchev–Trinajstić information content (AvgIpc) is 2.19. The van der Waals surface area contributed by atoms with Crippen LogP contribution in [0.5, 0.6) is 0 Å². The van der Waals surface area contributed by atoms with Crippen LogP contribution in [0.15, 0.2) is 0 Å². The Kier molecular flexibility index (Phi) is 4.54. The summed E-state index contributed by atoms with van der Waals surface area (Å²) in [4.78, 5) is 11.1. The molecule has 1 unspecified atom stereocenters. The molecule has 1 atom stereocenters. The standard InChI is InChI=1S/C11H23N3O/c1-11(2,10(12)15)8-14-7-9-4-3-5-13-6-9/h9,13-14H,3-8H2,1-2H3,(H2,12,15). The first-order valence-electron chi connectivity index (χ1n) is 5.74. The van der Waals surface area contributed by atoms with Gasteiger partial charge in [0.1, 0.15) is 0 Å². The molecule has 1 saturated heterocycles. The van der Waals surface area contributed by atoms with E-state index in [0.29, 0.717) is 12.5 Å². The Morgan fingerprint density at radius 1 is 1.60 bits per heavy atom. The molecule has 4 heteroatoms. The minimum atomic E-state index is -0.442. The van der Waals surface area contributed by atoms with Crippen molar-refractivity contribution in [1.29, 1.82) is 0 Å². The molecule has 0 saturated carbocycles. The zero-order valence-corrected chi connectivity index (χ0v) is 9.81. The van der Waals surface area contributed by atoms with E-state index in [4.69, 9.17) is 5.73 Å². The summed E-state index contributed by atoms with van der Waals surface area (Å²) in [6.45, 7) is 7.62. The van der Waals surface area contributed by atoms with Crippen molar-refractivity contribution in [2.75, 3.05) is 26.2 Å². The largest absolute Gasteiger partial charge is 0.369 e. The minimum Gasteiger partial charge on any atom is -0.369 e. The summed E-state index contributed by atoms with van der Waals surface area (Å²) in [6, 6.07) is 0. The second kappa shape index (κ2) is 5.47. The van der Waals surface area contributed by atoms with Gasteiger partial charge in [-0.2, -0.15) is 0 Å². The van der Waals surface area contributed by atoms with Crippen LogP contribution in [0.4, 0.5) is 0 Å². The van der Waals surface area contributed by atoms with E-state index < -0.39 is 5.41 Å². The van der Waals surface area contributed by atoms with Crippen LogP contribution in [0.3, 0.4) is 0 Å². The van der Waals surface area contributed by atoms with Gasteiger partial charge < -0.3 is 16.4 Å². The Morgan fingerprint density at radius 2 is 2.33 bits per heavy atom. The fourth-order valence-electron chi connectivity index (χ4n) is 1.77. The fourth-order valence-corrected chi connectivity index (χ4v) is 1.77. The summed E-state index contributed by atoms with van der Waals surface area (Å²) in [5, 5.41) is 6.71. The lowest BCUT2D eigenvalue weighted by Crippen LogP contribution is -2.43. The molecule has 1 aliphatic rings. The molecular formula is C11H23N3O. The highest BCUT2D eigenvalue weighted by Gasteiger charge is 2.24. The fraction of sp³-hybridized carbons (Fsp3) is 0.909. The van der Waals surface area contributed by atoms with E-state index in [1.807, 2.05) is 13.8 Å². The smallest absolute Gasteiger partial charge is 0.224 e. The number of hydrogen-bond donors (Lipinski definition) is 3. The maximum absolute atomic E-state index is 11.1. The molecular weight excluding hydrogens is 190 g/mol. The van der Waals surface area contributed by atoms with Crippen molar-refractivity contribution in [2.45, 2.75) is 26.7 Å². The van der Waals surface area contributed by atoms with Crippen LogP contribution < -0.4 is 16.4 Å². The summed E-state index contributed by atoms with van der Waals surface area (Å²) in [7, 11) is 0. The van der Waals surface area contributed by atoms with Crippen LogP contribution in [0.2, 0.25) is 0 Å². The lowest BCUT2D eigenvalue weighted by Gasteiger charge is -2.26. The molecule has 1 fully saturated rings. The van der Waals surface area contributed by atoms with E-state index in [9.17, 15) is 4.79 Å². The number of carbonyl (C=O) groups excluding carboxylic acids is 1. The third-order valence-corrected chi connectivity index (χ3v) is 3.07. The van der Waals surface area contributed by atoms with Crippen LogP contribution in [0.25, 0.3) is 0 Å². The number of amides is 1. The van der Waals surface area contributed by atoms with Gasteiger partial charge in [-0.15, -0.1) is 0 Å². The van der Waals surface area contributed by atoms with Gasteiger partial charge in [0, 0.05) is 6.54 Å². The summed E-state index contributed by atoms with van der Waals surface area (Å²) in [5.74, 6) is 0.458. The molecule has 4 N–H and O–H groups in total. The molecule has 1 aliphatic heterocycles. The van der Waals surface area contributed by atoms with Crippen LogP contribution in [-0.4, -0.2) is 32.1 Å². The lowest BCUT2D eigenvalue weighted by atomic mass is 9.92. The van der Waals surface area contributed by atoms with E-state index in [1.165, 1.54) is 12.8 Å². The molecule has 4 nitrogen and oxygen atoms in total. The van der Waals surface area contributed by atoms with Gasteiger partial charge in [-0.25, -0.2) is 0 Å². The SMILES string of the molecule is CC(C)(CNCC1CCCNC1)C(N)=O. The molecule has 1 heterocycles. The number of carbonyl (C=O) groups is 1. The van der Waals surface area contributed by atoms with Crippen molar-refractivity contribution in [2.24, 2.45) is 17.1 Å². The van der Waals surface area contributed by atoms with Gasteiger partial charge in [-0.05, 0) is 52.2 Å². The van der Waals surface area contributed by atoms with Crippen molar-refractivity contribution < 1.29 is 4.79 Å². The number of nitrogens with two attached hydrogens (primary N) is 1. The summed E-state index contributed by atoms with van der Waals surface area (Å²) in [5.41, 5.74) is 4.86. The first kappa shape index (κ1) is 12.5. The van der Waals surface area contributed by atoms with Gasteiger partial charge in [-0.3, -0.25) is 4.79 Å². The van der Waals surface area contributed by atoms with Crippen molar-refractivity contribution in [3.8, 4) is 0 Å². The maximum atomic E-state index is 11.1. The minimum absolute atomic E-state index is 0.239. The predicted molar refractivity (Wildman–Crippen MR) is 61.4 cm³/mol. The monoisotopic (exact) mass is 213 g/mol. The maximum Gasteiger partial charge on any atom is 0.224 e. The molecule has 0 radical (unpaired) electrons. The number of hydrogen-bond acceptors (Lipinski definition) is 3. The highest BCUT2D eigenvalue weighted by molar-refractivity contribution is 5.80. The second-order valence-electron chi connectivity index (χ2n) is 5.09. The third kappa shape index (κ3) is 4.18. The van der Waals surface area contributed by atoms with Crippen molar-refractivity contribution in [1.82, 2.24) is 10.6 Å². The highest BCUT2D eigenvalue weighted by Crippen LogP contribution is 2.13. The Labute approximate surface area is 92.0 Å². The quantitative estimate of drug-likeness (QED) is 0.606. The summed E-state index contributed by atoms with van der Waals surface area (Å²) >= 11 is 0. The zero-order chi connectivity index (χ0) is 11.3. The third-order valence-electron chi connectivity index (χ3n) is 3.07. The van der Waals surface area contributed by atoms with Crippen LogP contribution >= 0.6 is 0 Å². The number of nitrogens with one attached hydrogen (secondary N) is 2. The van der Waals surface area contributed by atoms with Gasteiger partial charge in [-0.1, -0.05) is 0 Å². The van der Waals surface area contributed by atoms with Gasteiger partial charge >= 0.3 is 0 Å². The topological polar surface area (TPSA) is 67.2 Å². The second-order valence-corrected chi connectivity index (χ2v) is 5.09. The molecule has 0 aromatic carbocycles. The number of piperidine rings is 1. The van der Waals surface area contributed by atoms with Crippen LogP contribution in [0.1, 0.15) is 26.7 Å². The van der Waals surface area contributed by atoms with E-state index in [2.05, 4.69) is 10.6 Å². The molecule has 1 amide bonds. The van der Waals surface area contributed by atoms with E-state index in [0.717, 1.165) is 19.6 Å². The lowest BCUT2D eigenvalue weighted by molar-refractivity contribution is -0.125. The first-order chi connectivity index (χ1) is 7.02. The molecule has 0 bridgehead atoms. The molecule has 88 valence electrons. The summed E-state index contributed by atoms with van der Waals surface area (Å²) in [6.07, 6.45) is 2.53. The van der Waals surface area contributed by atoms with Gasteiger partial charge in [0.05, 0.1) is 5.41 Å². The molecule has 0 aliphatic carbocycles. The normalized spacial score (nSPS) is 22.7. The Balaban J connectivity index is 2.17.